The highest BCUT2D eigenvalue weighted by atomic mass is 28.3. The number of ether oxygens (including phenoxy) is 1. The Morgan fingerprint density at radius 3 is 2.09 bits per heavy atom. The van der Waals surface area contributed by atoms with Crippen molar-refractivity contribution in [2.45, 2.75) is 32.2 Å². The minimum absolute atomic E-state index is 0.344. The van der Waals surface area contributed by atoms with Crippen molar-refractivity contribution in [3.63, 3.8) is 0 Å². The minimum Gasteiger partial charge on any atom is -0.426 e. The van der Waals surface area contributed by atoms with E-state index in [0.29, 0.717) is 24.8 Å². The van der Waals surface area contributed by atoms with E-state index in [0.717, 1.165) is 12.1 Å². The maximum Gasteiger partial charge on any atom is 0.499 e. The zero-order chi connectivity index (χ0) is 16.8. The molecular formula is C13H17F5O3Si. The average Bonchev–Trinajstić information content (AvgIpc) is 2.37. The first-order chi connectivity index (χ1) is 10.2. The molecule has 0 aliphatic heterocycles. The smallest absolute Gasteiger partial charge is 0.426 e. The Bertz CT molecular complexity index is 461. The van der Waals surface area contributed by atoms with Crippen molar-refractivity contribution in [3.8, 4) is 5.75 Å². The van der Waals surface area contributed by atoms with Crippen molar-refractivity contribution in [3.05, 3.63) is 29.8 Å². The lowest BCUT2D eigenvalue weighted by molar-refractivity contribution is -0.360. The van der Waals surface area contributed by atoms with Crippen molar-refractivity contribution in [2.75, 3.05) is 13.2 Å². The van der Waals surface area contributed by atoms with Crippen LogP contribution in [0.3, 0.4) is 0 Å². The van der Waals surface area contributed by atoms with Crippen LogP contribution in [0, 0.1) is 0 Å². The van der Waals surface area contributed by atoms with Gasteiger partial charge in [0.2, 0.25) is 0 Å². The van der Waals surface area contributed by atoms with Crippen LogP contribution in [0.5, 0.6) is 5.75 Å². The molecule has 126 valence electrons. The largest absolute Gasteiger partial charge is 0.499 e. The summed E-state index contributed by atoms with van der Waals surface area (Å²) in [5.41, 5.74) is 0.522. The van der Waals surface area contributed by atoms with E-state index in [1.54, 1.807) is 19.9 Å². The molecule has 1 rings (SSSR count). The second kappa shape index (κ2) is 7.89. The molecule has 1 aromatic carbocycles. The highest BCUT2D eigenvalue weighted by Crippen LogP contribution is 2.37. The second-order valence-electron chi connectivity index (χ2n) is 4.31. The monoisotopic (exact) mass is 344 g/mol. The van der Waals surface area contributed by atoms with E-state index in [1.165, 1.54) is 6.07 Å². The van der Waals surface area contributed by atoms with Crippen LogP contribution in [0.2, 0.25) is 0 Å². The first kappa shape index (κ1) is 18.9. The molecule has 0 amide bonds. The number of hydrogen-bond acceptors (Lipinski definition) is 3. The van der Waals surface area contributed by atoms with Gasteiger partial charge in [-0.1, -0.05) is 12.1 Å². The number of rotatable bonds is 8. The van der Waals surface area contributed by atoms with Gasteiger partial charge in [-0.15, -0.1) is 0 Å². The topological polar surface area (TPSA) is 27.7 Å². The minimum atomic E-state index is -5.77. The van der Waals surface area contributed by atoms with Gasteiger partial charge in [-0.05, 0) is 31.5 Å². The van der Waals surface area contributed by atoms with Crippen LogP contribution < -0.4 is 4.74 Å². The van der Waals surface area contributed by atoms with Crippen LogP contribution in [-0.2, 0) is 14.9 Å². The van der Waals surface area contributed by atoms with Crippen molar-refractivity contribution in [1.29, 1.82) is 0 Å². The lowest BCUT2D eigenvalue weighted by Crippen LogP contribution is -2.41. The molecule has 0 fully saturated rings. The van der Waals surface area contributed by atoms with Crippen molar-refractivity contribution in [2.24, 2.45) is 0 Å². The quantitative estimate of drug-likeness (QED) is 0.533. The molecule has 1 aromatic rings. The fourth-order valence-corrected chi connectivity index (χ4v) is 3.39. The molecule has 0 saturated heterocycles. The summed E-state index contributed by atoms with van der Waals surface area (Å²) >= 11 is 0. The number of halogens is 5. The molecule has 0 aromatic heterocycles. The van der Waals surface area contributed by atoms with Crippen LogP contribution in [-0.4, -0.2) is 34.8 Å². The Labute approximate surface area is 126 Å². The van der Waals surface area contributed by atoms with E-state index in [-0.39, 0.29) is 0 Å². The summed E-state index contributed by atoms with van der Waals surface area (Å²) in [4.78, 5) is 0. The van der Waals surface area contributed by atoms with Crippen LogP contribution in [0.1, 0.15) is 19.4 Å². The summed E-state index contributed by atoms with van der Waals surface area (Å²) in [6, 6.07) is 5.46. The van der Waals surface area contributed by atoms with Gasteiger partial charge in [-0.25, -0.2) is 0 Å². The summed E-state index contributed by atoms with van der Waals surface area (Å²) in [6.07, 6.45) is -11.0. The van der Waals surface area contributed by atoms with Gasteiger partial charge in [-0.3, -0.25) is 0 Å². The zero-order valence-electron chi connectivity index (χ0n) is 12.1. The van der Waals surface area contributed by atoms with Gasteiger partial charge in [0, 0.05) is 19.3 Å². The Morgan fingerprint density at radius 1 is 1.00 bits per heavy atom. The average molecular weight is 344 g/mol. The molecule has 0 heterocycles. The van der Waals surface area contributed by atoms with Gasteiger partial charge >= 0.3 is 21.6 Å². The molecule has 3 nitrogen and oxygen atoms in total. The predicted octanol–water partition coefficient (Wildman–Crippen LogP) is 3.60. The lowest BCUT2D eigenvalue weighted by atomic mass is 10.2. The molecule has 0 saturated carbocycles. The van der Waals surface area contributed by atoms with Crippen molar-refractivity contribution in [1.82, 2.24) is 0 Å². The van der Waals surface area contributed by atoms with Gasteiger partial charge in [0.25, 0.3) is 0 Å². The summed E-state index contributed by atoms with van der Waals surface area (Å²) in [5.74, 6) is -0.555. The molecular weight excluding hydrogens is 327 g/mol. The normalized spacial score (nSPS) is 12.7. The lowest BCUT2D eigenvalue weighted by Gasteiger charge is -2.20. The standard InChI is InChI=1S/C13H17F5O3Si/c1-3-19-22(20-4-2)9-10-6-5-7-11(8-10)21-13(17,18)12(14,15)16/h5-8,22H,3-4,9H2,1-2H3. The third-order valence-corrected chi connectivity index (χ3v) is 4.80. The molecule has 0 atom stereocenters. The molecule has 0 unspecified atom stereocenters. The van der Waals surface area contributed by atoms with Crippen molar-refractivity contribution >= 4 is 9.28 Å². The molecule has 0 N–H and O–H groups in total. The molecule has 22 heavy (non-hydrogen) atoms. The third kappa shape index (κ3) is 5.54. The van der Waals surface area contributed by atoms with Gasteiger partial charge in [-0.2, -0.15) is 22.0 Å². The summed E-state index contributed by atoms with van der Waals surface area (Å²) in [7, 11) is -2.03. The Balaban J connectivity index is 2.81. The van der Waals surface area contributed by atoms with Gasteiger partial charge < -0.3 is 13.6 Å². The number of hydrogen-bond donors (Lipinski definition) is 0. The third-order valence-electron chi connectivity index (χ3n) is 2.58. The Morgan fingerprint density at radius 2 is 1.59 bits per heavy atom. The molecule has 9 heteroatoms. The highest BCUT2D eigenvalue weighted by Gasteiger charge is 2.61. The Hall–Kier alpha value is -1.19. The summed E-state index contributed by atoms with van der Waals surface area (Å²) < 4.78 is 76.7. The zero-order valence-corrected chi connectivity index (χ0v) is 13.3. The first-order valence-corrected chi connectivity index (χ1v) is 8.41. The second-order valence-corrected chi connectivity index (χ2v) is 6.24. The SMILES string of the molecule is CCO[SiH](Cc1cccc(OC(F)(F)C(F)(F)F)c1)OCC. The van der Waals surface area contributed by atoms with Gasteiger partial charge in [0.05, 0.1) is 0 Å². The first-order valence-electron chi connectivity index (χ1n) is 6.65. The van der Waals surface area contributed by atoms with E-state index in [4.69, 9.17) is 8.85 Å². The molecule has 0 spiro atoms. The number of alkyl halides is 5. The van der Waals surface area contributed by atoms with Gasteiger partial charge in [0.15, 0.2) is 0 Å². The van der Waals surface area contributed by atoms with E-state index >= 15 is 0 Å². The maximum atomic E-state index is 12.9. The number of benzene rings is 1. The van der Waals surface area contributed by atoms with Crippen LogP contribution in [0.4, 0.5) is 22.0 Å². The van der Waals surface area contributed by atoms with Crippen molar-refractivity contribution < 1.29 is 35.5 Å². The van der Waals surface area contributed by atoms with Gasteiger partial charge in [0.1, 0.15) is 5.75 Å². The maximum absolute atomic E-state index is 12.9. The summed E-state index contributed by atoms with van der Waals surface area (Å²) in [6.45, 7) is 4.48. The fraction of sp³-hybridized carbons (Fsp3) is 0.538. The van der Waals surface area contributed by atoms with Crippen LogP contribution in [0.25, 0.3) is 0 Å². The molecule has 0 aliphatic rings. The van der Waals surface area contributed by atoms with E-state index < -0.39 is 27.3 Å². The molecule has 0 bridgehead atoms. The fourth-order valence-electron chi connectivity index (χ4n) is 1.67. The van der Waals surface area contributed by atoms with E-state index in [9.17, 15) is 22.0 Å². The van der Waals surface area contributed by atoms with E-state index in [2.05, 4.69) is 4.74 Å². The Kier molecular flexibility index (Phi) is 6.76. The predicted molar refractivity (Wildman–Crippen MR) is 72.2 cm³/mol. The molecule has 0 radical (unpaired) electrons. The summed E-state index contributed by atoms with van der Waals surface area (Å²) in [5, 5.41) is 0. The van der Waals surface area contributed by atoms with E-state index in [1.807, 2.05) is 0 Å². The molecule has 0 aliphatic carbocycles. The van der Waals surface area contributed by atoms with Crippen LogP contribution in [0.15, 0.2) is 24.3 Å². The van der Waals surface area contributed by atoms with Crippen LogP contribution >= 0.6 is 0 Å². The highest BCUT2D eigenvalue weighted by molar-refractivity contribution is 6.43.